The normalized spacial score (nSPS) is 16.9. The van der Waals surface area contributed by atoms with E-state index in [-0.39, 0.29) is 0 Å². The molecular formula is C20H35N5O2S. The summed E-state index contributed by atoms with van der Waals surface area (Å²) in [7, 11) is -1.77. The van der Waals surface area contributed by atoms with Crippen LogP contribution in [0, 0.1) is 13.8 Å². The summed E-state index contributed by atoms with van der Waals surface area (Å²) in [6.45, 7) is 10.1. The van der Waals surface area contributed by atoms with E-state index in [0.717, 1.165) is 43.0 Å². The molecule has 0 bridgehead atoms. The van der Waals surface area contributed by atoms with Crippen LogP contribution < -0.4 is 15.4 Å². The number of nitrogens with zero attached hydrogens (tertiary/aromatic N) is 2. The van der Waals surface area contributed by atoms with Crippen molar-refractivity contribution in [2.75, 3.05) is 39.8 Å². The highest BCUT2D eigenvalue weighted by molar-refractivity contribution is 7.89. The highest BCUT2D eigenvalue weighted by Crippen LogP contribution is 2.16. The summed E-state index contributed by atoms with van der Waals surface area (Å²) in [4.78, 5) is 7.10. The molecule has 2 rings (SSSR count). The minimum absolute atomic E-state index is 0.297. The summed E-state index contributed by atoms with van der Waals surface area (Å²) in [5, 5.41) is 6.65. The van der Waals surface area contributed by atoms with Crippen LogP contribution in [0.4, 0.5) is 0 Å². The number of aryl methyl sites for hydroxylation is 2. The van der Waals surface area contributed by atoms with Crippen molar-refractivity contribution >= 4 is 16.0 Å². The van der Waals surface area contributed by atoms with Crippen molar-refractivity contribution in [2.24, 2.45) is 4.99 Å². The van der Waals surface area contributed by atoms with Gasteiger partial charge in [0.2, 0.25) is 10.0 Å². The molecule has 1 saturated heterocycles. The Hall–Kier alpha value is -1.64. The van der Waals surface area contributed by atoms with Gasteiger partial charge in [0.25, 0.3) is 0 Å². The highest BCUT2D eigenvalue weighted by atomic mass is 32.2. The number of nitrogens with one attached hydrogen (secondary N) is 3. The van der Waals surface area contributed by atoms with Gasteiger partial charge in [-0.3, -0.25) is 4.99 Å². The third-order valence-corrected chi connectivity index (χ3v) is 6.64. The maximum atomic E-state index is 12.5. The maximum Gasteiger partial charge on any atom is 0.240 e. The van der Waals surface area contributed by atoms with Crippen LogP contribution in [0.15, 0.2) is 28.1 Å². The van der Waals surface area contributed by atoms with Crippen molar-refractivity contribution in [2.45, 2.75) is 51.0 Å². The van der Waals surface area contributed by atoms with Gasteiger partial charge in [0.15, 0.2) is 5.96 Å². The third-order valence-electron chi connectivity index (χ3n) is 5.03. The van der Waals surface area contributed by atoms with Gasteiger partial charge in [-0.15, -0.1) is 0 Å². The summed E-state index contributed by atoms with van der Waals surface area (Å²) >= 11 is 0. The van der Waals surface area contributed by atoms with Crippen molar-refractivity contribution in [3.05, 3.63) is 29.3 Å². The van der Waals surface area contributed by atoms with E-state index in [1.165, 1.54) is 13.0 Å². The van der Waals surface area contributed by atoms with Crippen LogP contribution in [0.1, 0.15) is 37.3 Å². The second-order valence-corrected chi connectivity index (χ2v) is 9.16. The van der Waals surface area contributed by atoms with Crippen molar-refractivity contribution in [1.82, 2.24) is 20.3 Å². The van der Waals surface area contributed by atoms with Gasteiger partial charge in [-0.25, -0.2) is 13.1 Å². The van der Waals surface area contributed by atoms with Crippen LogP contribution in [0.25, 0.3) is 0 Å². The van der Waals surface area contributed by atoms with E-state index in [4.69, 9.17) is 0 Å². The first-order chi connectivity index (χ1) is 13.4. The number of hydrogen-bond donors (Lipinski definition) is 3. The van der Waals surface area contributed by atoms with E-state index in [9.17, 15) is 8.42 Å². The zero-order valence-corrected chi connectivity index (χ0v) is 18.4. The molecule has 0 amide bonds. The molecule has 0 radical (unpaired) electrons. The molecule has 0 aliphatic carbocycles. The first-order valence-corrected chi connectivity index (χ1v) is 11.6. The fraction of sp³-hybridized carbons (Fsp3) is 0.650. The van der Waals surface area contributed by atoms with Crippen molar-refractivity contribution in [1.29, 1.82) is 0 Å². The Morgan fingerprint density at radius 1 is 1.21 bits per heavy atom. The molecule has 1 aromatic rings. The number of hydrogen-bond acceptors (Lipinski definition) is 4. The average molecular weight is 410 g/mol. The van der Waals surface area contributed by atoms with Gasteiger partial charge < -0.3 is 15.5 Å². The Morgan fingerprint density at radius 3 is 2.57 bits per heavy atom. The van der Waals surface area contributed by atoms with Crippen LogP contribution in [0.3, 0.4) is 0 Å². The van der Waals surface area contributed by atoms with Gasteiger partial charge in [-0.2, -0.15) is 0 Å². The van der Waals surface area contributed by atoms with Crippen LogP contribution in [0.2, 0.25) is 0 Å². The van der Waals surface area contributed by atoms with Crippen LogP contribution in [-0.4, -0.2) is 65.1 Å². The summed E-state index contributed by atoms with van der Waals surface area (Å²) in [5.41, 5.74) is 1.68. The maximum absolute atomic E-state index is 12.5. The molecule has 0 saturated carbocycles. The molecule has 7 nitrogen and oxygen atoms in total. The number of aliphatic imine (C=N–C) groups is 1. The SMILES string of the molecule is CCCN1CCC(NC(=NC)NCCNS(=O)(=O)c2cc(C)ccc2C)CC1. The number of benzene rings is 1. The Kier molecular flexibility index (Phi) is 8.72. The van der Waals surface area contributed by atoms with Gasteiger partial charge in [-0.05, 0) is 56.8 Å². The second kappa shape index (κ2) is 10.8. The Morgan fingerprint density at radius 2 is 1.93 bits per heavy atom. The molecule has 8 heteroatoms. The summed E-state index contributed by atoms with van der Waals surface area (Å²) < 4.78 is 27.7. The fourth-order valence-electron chi connectivity index (χ4n) is 3.45. The topological polar surface area (TPSA) is 85.8 Å². The van der Waals surface area contributed by atoms with Crippen LogP contribution >= 0.6 is 0 Å². The van der Waals surface area contributed by atoms with Crippen molar-refractivity contribution in [3.63, 3.8) is 0 Å². The zero-order valence-electron chi connectivity index (χ0n) is 17.6. The van der Waals surface area contributed by atoms with E-state index in [0.29, 0.717) is 24.0 Å². The van der Waals surface area contributed by atoms with Crippen molar-refractivity contribution in [3.8, 4) is 0 Å². The van der Waals surface area contributed by atoms with E-state index in [2.05, 4.69) is 32.2 Å². The standard InChI is InChI=1S/C20H35N5O2S/c1-5-12-25-13-8-18(9-14-25)24-20(21-4)22-10-11-23-28(26,27)19-15-16(2)6-7-17(19)3/h6-7,15,18,23H,5,8-14H2,1-4H3,(H2,21,22,24). The quantitative estimate of drug-likeness (QED) is 0.345. The molecule has 0 unspecified atom stereocenters. The van der Waals surface area contributed by atoms with E-state index < -0.39 is 10.0 Å². The molecule has 1 fully saturated rings. The molecule has 1 aliphatic rings. The zero-order chi connectivity index (χ0) is 20.6. The van der Waals surface area contributed by atoms with Gasteiger partial charge in [0.05, 0.1) is 4.90 Å². The second-order valence-electron chi connectivity index (χ2n) is 7.43. The third kappa shape index (κ3) is 6.76. The van der Waals surface area contributed by atoms with E-state index in [1.807, 2.05) is 26.0 Å². The number of piperidine rings is 1. The first kappa shape index (κ1) is 22.6. The molecule has 0 atom stereocenters. The lowest BCUT2D eigenvalue weighted by atomic mass is 10.1. The molecule has 1 heterocycles. The predicted molar refractivity (Wildman–Crippen MR) is 115 cm³/mol. The van der Waals surface area contributed by atoms with Crippen molar-refractivity contribution < 1.29 is 8.42 Å². The highest BCUT2D eigenvalue weighted by Gasteiger charge is 2.19. The first-order valence-electron chi connectivity index (χ1n) is 10.1. The average Bonchev–Trinajstić information content (AvgIpc) is 2.67. The number of guanidine groups is 1. The summed E-state index contributed by atoms with van der Waals surface area (Å²) in [5.74, 6) is 0.722. The number of sulfonamides is 1. The fourth-order valence-corrected chi connectivity index (χ4v) is 4.81. The molecule has 1 aromatic carbocycles. The van der Waals surface area contributed by atoms with Crippen LogP contribution in [0.5, 0.6) is 0 Å². The number of rotatable bonds is 8. The molecule has 28 heavy (non-hydrogen) atoms. The van der Waals surface area contributed by atoms with Gasteiger partial charge in [-0.1, -0.05) is 19.1 Å². The molecule has 158 valence electrons. The monoisotopic (exact) mass is 409 g/mol. The van der Waals surface area contributed by atoms with Crippen LogP contribution in [-0.2, 0) is 10.0 Å². The Bertz CT molecular complexity index is 756. The predicted octanol–water partition coefficient (Wildman–Crippen LogP) is 1.62. The Labute approximate surface area is 170 Å². The lowest BCUT2D eigenvalue weighted by Crippen LogP contribution is -2.49. The van der Waals surface area contributed by atoms with E-state index in [1.54, 1.807) is 13.1 Å². The smallest absolute Gasteiger partial charge is 0.240 e. The minimum Gasteiger partial charge on any atom is -0.355 e. The lowest BCUT2D eigenvalue weighted by Gasteiger charge is -2.32. The molecule has 1 aliphatic heterocycles. The molecule has 0 spiro atoms. The minimum atomic E-state index is -3.51. The van der Waals surface area contributed by atoms with Gasteiger partial charge in [0, 0.05) is 39.3 Å². The Balaban J connectivity index is 1.76. The largest absolute Gasteiger partial charge is 0.355 e. The van der Waals surface area contributed by atoms with Gasteiger partial charge >= 0.3 is 0 Å². The molecule has 3 N–H and O–H groups in total. The number of likely N-dealkylation sites (tertiary alicyclic amines) is 1. The lowest BCUT2D eigenvalue weighted by molar-refractivity contribution is 0.206. The summed E-state index contributed by atoms with van der Waals surface area (Å²) in [6, 6.07) is 5.86. The van der Waals surface area contributed by atoms with E-state index >= 15 is 0 Å². The summed E-state index contributed by atoms with van der Waals surface area (Å²) in [6.07, 6.45) is 3.39. The molecule has 0 aromatic heterocycles. The van der Waals surface area contributed by atoms with Gasteiger partial charge in [0.1, 0.15) is 0 Å². The molecular weight excluding hydrogens is 374 g/mol.